The second kappa shape index (κ2) is 32.9. The summed E-state index contributed by atoms with van der Waals surface area (Å²) in [5.74, 6) is 0.662. The van der Waals surface area contributed by atoms with E-state index in [0.717, 1.165) is 69.8 Å². The molecule has 5 rings (SSSR count). The first-order valence-electron chi connectivity index (χ1n) is 28.5. The van der Waals surface area contributed by atoms with E-state index in [1.165, 1.54) is 57.6 Å². The molecule has 0 aliphatic carbocycles. The summed E-state index contributed by atoms with van der Waals surface area (Å²) in [6, 6.07) is 0. The van der Waals surface area contributed by atoms with Gasteiger partial charge in [-0.25, -0.2) is 15.0 Å². The summed E-state index contributed by atoms with van der Waals surface area (Å²) in [4.78, 5) is 57.6. The first kappa shape index (κ1) is 64.6. The van der Waals surface area contributed by atoms with Crippen molar-refractivity contribution in [1.82, 2.24) is 16.0 Å². The Bertz CT molecular complexity index is 2510. The minimum Gasteiger partial charge on any atom is -0.469 e. The van der Waals surface area contributed by atoms with E-state index in [1.54, 1.807) is 0 Å². The van der Waals surface area contributed by atoms with Gasteiger partial charge in [0.05, 0.1) is 66.5 Å². The van der Waals surface area contributed by atoms with Crippen molar-refractivity contribution in [1.29, 1.82) is 0 Å². The minimum atomic E-state index is -0.498. The van der Waals surface area contributed by atoms with Crippen LogP contribution in [0.5, 0.6) is 0 Å². The molecule has 416 valence electrons. The van der Waals surface area contributed by atoms with Gasteiger partial charge in [0.1, 0.15) is 6.61 Å². The predicted octanol–water partition coefficient (Wildman–Crippen LogP) is 12.2. The number of amides is 1. The van der Waals surface area contributed by atoms with Crippen molar-refractivity contribution < 1.29 is 33.3 Å². The smallest absolute Gasteiger partial charge is 0.469 e. The topological polar surface area (TPSA) is 161 Å². The van der Waals surface area contributed by atoms with E-state index in [4.69, 9.17) is 33.9 Å². The van der Waals surface area contributed by atoms with Crippen molar-refractivity contribution in [3.05, 3.63) is 116 Å². The van der Waals surface area contributed by atoms with E-state index in [-0.39, 0.29) is 72.8 Å². The van der Waals surface area contributed by atoms with Gasteiger partial charge in [-0.15, -0.1) is 0 Å². The number of nitrogens with one attached hydrogen (secondary N) is 3. The number of fused-ring (bicyclic) bond motifs is 5. The third-order valence-corrected chi connectivity index (χ3v) is 15.3. The van der Waals surface area contributed by atoms with Gasteiger partial charge < -0.3 is 34.9 Å². The summed E-state index contributed by atoms with van der Waals surface area (Å²) < 4.78 is 22.4. The number of aliphatic imine (C=N–C) groups is 3. The quantitative estimate of drug-likeness (QED) is 0.0266. The summed E-state index contributed by atoms with van der Waals surface area (Å²) in [6.45, 7) is 30.8. The average Bonchev–Trinajstić information content (AvgIpc) is 4.08. The second-order valence-electron chi connectivity index (χ2n) is 21.5. The predicted molar refractivity (Wildman–Crippen MR) is 315 cm³/mol. The largest absolute Gasteiger partial charge is 2.00 e. The second-order valence-corrected chi connectivity index (χ2v) is 21.5. The van der Waals surface area contributed by atoms with Crippen LogP contribution < -0.4 is 16.0 Å². The van der Waals surface area contributed by atoms with Crippen molar-refractivity contribution in [2.45, 2.75) is 160 Å². The number of rotatable bonds is 31. The molecule has 1 amide bonds. The third kappa shape index (κ3) is 18.6. The fourth-order valence-electron chi connectivity index (χ4n) is 10.6. The van der Waals surface area contributed by atoms with Crippen LogP contribution >= 0.6 is 0 Å². The van der Waals surface area contributed by atoms with Crippen LogP contribution in [0.25, 0.3) is 0 Å². The zero-order valence-corrected chi connectivity index (χ0v) is 50.5. The Labute approximate surface area is 478 Å². The number of hydrogen-bond donors (Lipinski definition) is 3. The summed E-state index contributed by atoms with van der Waals surface area (Å²) in [5, 5.41) is 10.2. The van der Waals surface area contributed by atoms with Crippen molar-refractivity contribution in [3.63, 3.8) is 0 Å². The zero-order chi connectivity index (χ0) is 55.3. The molecule has 0 radical (unpaired) electrons. The van der Waals surface area contributed by atoms with Gasteiger partial charge in [0.25, 0.3) is 5.91 Å². The standard InChI is InChI=1S/C63H92N6O7.Mg/c1-14-47-44(10)52-36-53-45(11)49(27-28-58(70)76-32-29-43(9)26-20-25-42(8)24-19-23-41(7)22-18-21-40(5)6)61(68-53)50(35-59(71)73-13)62-60(63(72)65-31-34-75-17-4)46(12)54(69-62)37-56-48(15-2)51(39-64-30-33-74-16-3)57(67-56)38-55(47)66-52;/h14,29,36-42,45,49,64,68H,1,15-28,30-35H2,2-13H3,(H,65,72);/q;+2/b43-29+,51-39+,53-36?,54-37?,55-38?,61-50?;. The van der Waals surface area contributed by atoms with E-state index >= 15 is 0 Å². The fraction of sp³-hybridized carbons (Fsp3) is 0.587. The number of esters is 2. The molecule has 4 atom stereocenters. The maximum Gasteiger partial charge on any atom is 2.00 e. The van der Waals surface area contributed by atoms with E-state index < -0.39 is 5.97 Å². The van der Waals surface area contributed by atoms with Crippen LogP contribution in [-0.2, 0) is 33.3 Å². The first-order chi connectivity index (χ1) is 36.5. The molecular weight excluding hydrogens is 977 g/mol. The van der Waals surface area contributed by atoms with Crippen LogP contribution in [0.4, 0.5) is 0 Å². The summed E-state index contributed by atoms with van der Waals surface area (Å²) in [5.41, 5.74) is 11.8. The Morgan fingerprint density at radius 1 is 0.805 bits per heavy atom. The molecule has 0 aromatic carbocycles. The van der Waals surface area contributed by atoms with E-state index in [9.17, 15) is 14.4 Å². The zero-order valence-electron chi connectivity index (χ0n) is 49.1. The van der Waals surface area contributed by atoms with Gasteiger partial charge >= 0.3 is 35.0 Å². The van der Waals surface area contributed by atoms with E-state index in [1.807, 2.05) is 64.3 Å². The molecule has 4 unspecified atom stereocenters. The van der Waals surface area contributed by atoms with Crippen LogP contribution in [-0.4, -0.2) is 111 Å². The number of allylic oxidation sites excluding steroid dienone is 11. The summed E-state index contributed by atoms with van der Waals surface area (Å²) in [6.07, 6.45) is 24.0. The summed E-state index contributed by atoms with van der Waals surface area (Å²) >= 11 is 0. The van der Waals surface area contributed by atoms with Gasteiger partial charge in [-0.1, -0.05) is 105 Å². The average molecular weight is 1070 g/mol. The molecule has 13 nitrogen and oxygen atoms in total. The molecular formula is C63H92MgN6O7+2. The van der Waals surface area contributed by atoms with Crippen LogP contribution in [0.3, 0.4) is 0 Å². The van der Waals surface area contributed by atoms with Gasteiger partial charge in [-0.05, 0) is 119 Å². The minimum absolute atomic E-state index is 0. The monoisotopic (exact) mass is 1070 g/mol. The van der Waals surface area contributed by atoms with Gasteiger partial charge in [0.15, 0.2) is 0 Å². The normalized spacial score (nSPS) is 19.6. The molecule has 8 bridgehead atoms. The van der Waals surface area contributed by atoms with Gasteiger partial charge in [0.2, 0.25) is 0 Å². The molecule has 5 aliphatic heterocycles. The molecule has 0 saturated carbocycles. The number of carbonyl (C=O) groups excluding carboxylic acids is 3. The molecule has 1 saturated heterocycles. The number of carbonyl (C=O) groups is 3. The van der Waals surface area contributed by atoms with Gasteiger partial charge in [0, 0.05) is 78.9 Å². The molecule has 3 N–H and O–H groups in total. The first-order valence-corrected chi connectivity index (χ1v) is 28.5. The Morgan fingerprint density at radius 2 is 1.48 bits per heavy atom. The van der Waals surface area contributed by atoms with Gasteiger partial charge in [-0.2, -0.15) is 0 Å². The van der Waals surface area contributed by atoms with Crippen LogP contribution in [0.1, 0.15) is 160 Å². The molecule has 77 heavy (non-hydrogen) atoms. The van der Waals surface area contributed by atoms with Gasteiger partial charge in [-0.3, -0.25) is 14.4 Å². The molecule has 5 aliphatic rings. The van der Waals surface area contributed by atoms with Crippen molar-refractivity contribution in [3.8, 4) is 0 Å². The number of hydrogen-bond acceptors (Lipinski definition) is 12. The maximum absolute atomic E-state index is 14.5. The Balaban J connectivity index is 0.0000128. The SMILES string of the molecule is C=CC1=C(C)C2=NC1=CC1=NC(=C(CC)/C1=C\NCCOCC)C=C1N=C(C(CC(=O)OC)=C3NC(=C2)C(C)C3CCC(=O)OC/C=C(\C)CCCC(C)CCCC(C)CCCC(C)C)C(C(=O)NCCOCC)=C1C.[Mg+2]. The number of ether oxygens (including phenoxy) is 4. The van der Waals surface area contributed by atoms with Crippen molar-refractivity contribution in [2.75, 3.05) is 53.2 Å². The van der Waals surface area contributed by atoms with Crippen LogP contribution in [0, 0.1) is 29.6 Å². The fourth-order valence-corrected chi connectivity index (χ4v) is 10.6. The molecule has 14 heteroatoms. The maximum atomic E-state index is 14.5. The Morgan fingerprint density at radius 3 is 2.13 bits per heavy atom. The number of nitrogens with zero attached hydrogens (tertiary/aromatic N) is 3. The molecule has 0 aromatic heterocycles. The van der Waals surface area contributed by atoms with Crippen LogP contribution in [0.15, 0.2) is 131 Å². The molecule has 0 aromatic rings. The molecule has 5 heterocycles. The third-order valence-electron chi connectivity index (χ3n) is 15.3. The molecule has 1 fully saturated rings. The molecule has 0 spiro atoms. The van der Waals surface area contributed by atoms with Crippen molar-refractivity contribution >= 4 is 58.0 Å². The van der Waals surface area contributed by atoms with Crippen molar-refractivity contribution in [2.24, 2.45) is 44.6 Å². The van der Waals surface area contributed by atoms with Crippen LogP contribution in [0.2, 0.25) is 0 Å². The Kier molecular flexibility index (Phi) is 27.6. The Hall–Kier alpha value is -4.89. The van der Waals surface area contributed by atoms with E-state index in [0.29, 0.717) is 91.3 Å². The van der Waals surface area contributed by atoms with E-state index in [2.05, 4.69) is 71.0 Å². The number of methoxy groups -OCH3 is 1. The summed E-state index contributed by atoms with van der Waals surface area (Å²) in [7, 11) is 1.35.